The summed E-state index contributed by atoms with van der Waals surface area (Å²) < 4.78 is 15.6. The molecule has 4 saturated carbocycles. The van der Waals surface area contributed by atoms with E-state index in [-0.39, 0.29) is 31.0 Å². The number of alkyl halides is 1. The van der Waals surface area contributed by atoms with Gasteiger partial charge in [-0.15, -0.1) is 0 Å². The third-order valence-electron chi connectivity index (χ3n) is 7.60. The van der Waals surface area contributed by atoms with Gasteiger partial charge in [0.05, 0.1) is 19.2 Å². The van der Waals surface area contributed by atoms with Crippen molar-refractivity contribution in [2.24, 2.45) is 23.7 Å². The fourth-order valence-corrected chi connectivity index (χ4v) is 6.50. The number of rotatable bonds is 5. The summed E-state index contributed by atoms with van der Waals surface area (Å²) in [5, 5.41) is 17.0. The number of nitrogens with one attached hydrogen (secondary N) is 1. The van der Waals surface area contributed by atoms with Crippen molar-refractivity contribution in [2.75, 3.05) is 13.1 Å². The van der Waals surface area contributed by atoms with Gasteiger partial charge >= 0.3 is 0 Å². The van der Waals surface area contributed by atoms with Gasteiger partial charge in [0.15, 0.2) is 0 Å². The first-order chi connectivity index (χ1) is 13.1. The third-order valence-corrected chi connectivity index (χ3v) is 7.60. The van der Waals surface area contributed by atoms with Crippen LogP contribution in [0, 0.1) is 35.0 Å². The number of aromatic nitrogens is 3. The maximum Gasteiger partial charge on any atom is 0.237 e. The number of carbonyl (C=O) groups is 1. The first-order valence-electron chi connectivity index (χ1n) is 9.98. The highest BCUT2D eigenvalue weighted by atomic mass is 19.1. The fourth-order valence-electron chi connectivity index (χ4n) is 6.50. The van der Waals surface area contributed by atoms with Gasteiger partial charge < -0.3 is 10.2 Å². The van der Waals surface area contributed by atoms with Crippen molar-refractivity contribution in [2.45, 2.75) is 56.4 Å². The maximum absolute atomic E-state index is 13.6. The molecular formula is C19H25FN6O. The van der Waals surface area contributed by atoms with Crippen LogP contribution in [0.5, 0.6) is 0 Å². The van der Waals surface area contributed by atoms with Gasteiger partial charge in [0.1, 0.15) is 24.9 Å². The second kappa shape index (κ2) is 6.26. The van der Waals surface area contributed by atoms with Gasteiger partial charge in [-0.3, -0.25) is 9.48 Å². The minimum atomic E-state index is -1.08. The molecule has 1 aromatic rings. The highest BCUT2D eigenvalue weighted by molar-refractivity contribution is 5.79. The van der Waals surface area contributed by atoms with Gasteiger partial charge in [-0.1, -0.05) is 0 Å². The molecule has 7 nitrogen and oxygen atoms in total. The van der Waals surface area contributed by atoms with Crippen LogP contribution in [0.15, 0.2) is 12.7 Å². The summed E-state index contributed by atoms with van der Waals surface area (Å²) in [5.74, 6) is 2.48. The minimum absolute atomic E-state index is 0.0560. The molecule has 0 radical (unpaired) electrons. The topological polar surface area (TPSA) is 86.8 Å². The highest BCUT2D eigenvalue weighted by Gasteiger charge is 2.61. The van der Waals surface area contributed by atoms with Crippen LogP contribution in [0.4, 0.5) is 4.39 Å². The van der Waals surface area contributed by atoms with Gasteiger partial charge in [-0.25, -0.2) is 9.37 Å². The predicted octanol–water partition coefficient (Wildman–Crippen LogP) is 1.14. The first kappa shape index (κ1) is 17.1. The normalized spacial score (nSPS) is 42.0. The molecule has 2 unspecified atom stereocenters. The number of likely N-dealkylation sites (tertiary alicyclic amines) is 1. The zero-order valence-electron chi connectivity index (χ0n) is 15.3. The predicted molar refractivity (Wildman–Crippen MR) is 93.8 cm³/mol. The molecule has 4 atom stereocenters. The van der Waals surface area contributed by atoms with E-state index < -0.39 is 12.2 Å². The molecule has 4 aliphatic carbocycles. The van der Waals surface area contributed by atoms with Crippen molar-refractivity contribution in [3.05, 3.63) is 12.7 Å². The summed E-state index contributed by atoms with van der Waals surface area (Å²) in [6, 6.07) is 1.45. The fraction of sp³-hybridized carbons (Fsp3) is 0.789. The molecule has 1 N–H and O–H groups in total. The Morgan fingerprint density at radius 2 is 2.11 bits per heavy atom. The average Bonchev–Trinajstić information content (AvgIpc) is 3.38. The molecule has 4 bridgehead atoms. The molecule has 5 aliphatic rings. The lowest BCUT2D eigenvalue weighted by Crippen LogP contribution is -2.52. The van der Waals surface area contributed by atoms with Crippen LogP contribution in [0.3, 0.4) is 0 Å². The third kappa shape index (κ3) is 2.75. The Balaban J connectivity index is 1.22. The van der Waals surface area contributed by atoms with Crippen molar-refractivity contribution in [3.63, 3.8) is 0 Å². The smallest absolute Gasteiger partial charge is 0.237 e. The second-order valence-corrected chi connectivity index (χ2v) is 8.91. The number of halogens is 1. The van der Waals surface area contributed by atoms with Crippen molar-refractivity contribution < 1.29 is 9.18 Å². The number of nitriles is 1. The molecule has 27 heavy (non-hydrogen) atoms. The van der Waals surface area contributed by atoms with Gasteiger partial charge in [0.2, 0.25) is 5.91 Å². The number of hydrogen-bond acceptors (Lipinski definition) is 5. The van der Waals surface area contributed by atoms with E-state index in [0.717, 1.165) is 19.4 Å². The summed E-state index contributed by atoms with van der Waals surface area (Å²) in [7, 11) is 0. The Morgan fingerprint density at radius 1 is 1.33 bits per heavy atom. The lowest BCUT2D eigenvalue weighted by molar-refractivity contribution is -0.130. The molecular weight excluding hydrogens is 347 g/mol. The van der Waals surface area contributed by atoms with E-state index >= 15 is 0 Å². The van der Waals surface area contributed by atoms with Gasteiger partial charge in [-0.2, -0.15) is 10.4 Å². The molecule has 6 rings (SSSR count). The van der Waals surface area contributed by atoms with E-state index in [4.69, 9.17) is 5.26 Å². The second-order valence-electron chi connectivity index (χ2n) is 8.91. The molecule has 8 heteroatoms. The van der Waals surface area contributed by atoms with E-state index in [2.05, 4.69) is 21.5 Å². The molecule has 1 aliphatic heterocycles. The molecule has 0 spiro atoms. The Bertz CT molecular complexity index is 745. The monoisotopic (exact) mass is 372 g/mol. The summed E-state index contributed by atoms with van der Waals surface area (Å²) in [6.07, 6.45) is 7.10. The maximum atomic E-state index is 13.6. The molecule has 144 valence electrons. The lowest BCUT2D eigenvalue weighted by atomic mass is 9.71. The quantitative estimate of drug-likeness (QED) is 0.837. The number of amides is 1. The van der Waals surface area contributed by atoms with E-state index in [1.807, 2.05) is 4.68 Å². The Labute approximate surface area is 157 Å². The number of hydrogen-bond donors (Lipinski definition) is 1. The van der Waals surface area contributed by atoms with Gasteiger partial charge in [0.25, 0.3) is 0 Å². The van der Waals surface area contributed by atoms with Crippen LogP contribution in [0.2, 0.25) is 0 Å². The van der Waals surface area contributed by atoms with E-state index in [1.54, 1.807) is 12.7 Å². The van der Waals surface area contributed by atoms with Crippen LogP contribution >= 0.6 is 0 Å². The first-order valence-corrected chi connectivity index (χ1v) is 9.98. The molecule has 0 aromatic carbocycles. The highest BCUT2D eigenvalue weighted by Crippen LogP contribution is 2.63. The number of nitrogens with zero attached hydrogens (tertiary/aromatic N) is 5. The number of carbonyl (C=O) groups excluding carboxylic acids is 1. The molecule has 5 fully saturated rings. The Morgan fingerprint density at radius 3 is 2.78 bits per heavy atom. The zero-order valence-corrected chi connectivity index (χ0v) is 15.3. The van der Waals surface area contributed by atoms with E-state index in [0.29, 0.717) is 23.7 Å². The molecule has 1 saturated heterocycles. The largest absolute Gasteiger partial charge is 0.323 e. The SMILES string of the molecule is N#C[C@@H]1C[C@@H](F)CN1C(=O)CNC12CC3CC1CC(C2)C3Cn1cncn1. The van der Waals surface area contributed by atoms with Crippen LogP contribution in [0.1, 0.15) is 32.1 Å². The van der Waals surface area contributed by atoms with Gasteiger partial charge in [0, 0.05) is 18.5 Å². The van der Waals surface area contributed by atoms with E-state index in [1.165, 1.54) is 17.7 Å². The average molecular weight is 372 g/mol. The van der Waals surface area contributed by atoms with Crippen molar-refractivity contribution in [3.8, 4) is 6.07 Å². The zero-order chi connectivity index (χ0) is 18.6. The Kier molecular flexibility index (Phi) is 3.97. The standard InChI is InChI=1S/C19H25FN6O/c20-15-3-16(6-21)26(8-15)18(27)7-23-19-4-12-1-14(19)2-13(5-19)17(12)9-25-11-22-10-24-25/h10-17,23H,1-5,7-9H2/t12?,13?,14?,15-,16+,17?,19?/m1/s1. The molecule has 2 heterocycles. The van der Waals surface area contributed by atoms with E-state index in [9.17, 15) is 9.18 Å². The molecule has 1 aromatic heterocycles. The molecule has 1 amide bonds. The van der Waals surface area contributed by atoms with Crippen LogP contribution in [-0.4, -0.2) is 56.4 Å². The van der Waals surface area contributed by atoms with Gasteiger partial charge in [-0.05, 0) is 49.4 Å². The Hall–Kier alpha value is -2.01. The van der Waals surface area contributed by atoms with Crippen LogP contribution in [0.25, 0.3) is 0 Å². The summed E-state index contributed by atoms with van der Waals surface area (Å²) in [4.78, 5) is 18.1. The van der Waals surface area contributed by atoms with Crippen LogP contribution in [-0.2, 0) is 11.3 Å². The van der Waals surface area contributed by atoms with Crippen molar-refractivity contribution >= 4 is 5.91 Å². The van der Waals surface area contributed by atoms with Crippen molar-refractivity contribution in [1.82, 2.24) is 25.0 Å². The minimum Gasteiger partial charge on any atom is -0.323 e. The lowest BCUT2D eigenvalue weighted by Gasteiger charge is -2.39. The van der Waals surface area contributed by atoms with Crippen LogP contribution < -0.4 is 5.32 Å². The summed E-state index contributed by atoms with van der Waals surface area (Å²) in [6.45, 7) is 1.21. The summed E-state index contributed by atoms with van der Waals surface area (Å²) >= 11 is 0. The van der Waals surface area contributed by atoms with Crippen molar-refractivity contribution in [1.29, 1.82) is 5.26 Å². The summed E-state index contributed by atoms with van der Waals surface area (Å²) in [5.41, 5.74) is 0.0564.